The maximum atomic E-state index is 13.3. The number of thioether (sulfide) groups is 1. The highest BCUT2D eigenvalue weighted by molar-refractivity contribution is 8.15. The number of hydrogen-bond acceptors (Lipinski definition) is 8. The van der Waals surface area contributed by atoms with E-state index in [4.69, 9.17) is 22.4 Å². The zero-order valence-electron chi connectivity index (χ0n) is 16.6. The Kier molecular flexibility index (Phi) is 5.75. The fraction of sp³-hybridized carbons (Fsp3) is 0.350. The molecular weight excluding hydrogens is 425 g/mol. The molecule has 0 aromatic carbocycles. The summed E-state index contributed by atoms with van der Waals surface area (Å²) in [6.45, 7) is 5.04. The summed E-state index contributed by atoms with van der Waals surface area (Å²) in [6.07, 6.45) is 4.38. The summed E-state index contributed by atoms with van der Waals surface area (Å²) in [5.74, 6) is 0.884. The number of pyridine rings is 1. The maximum absolute atomic E-state index is 13.3. The van der Waals surface area contributed by atoms with Gasteiger partial charge in [0.2, 0.25) is 0 Å². The van der Waals surface area contributed by atoms with Crippen molar-refractivity contribution in [2.75, 3.05) is 23.3 Å². The number of fused-ring (bicyclic) bond motifs is 1. The molecule has 0 aliphatic carbocycles. The molecule has 2 aromatic heterocycles. The fourth-order valence-corrected chi connectivity index (χ4v) is 4.90. The van der Waals surface area contributed by atoms with Gasteiger partial charge >= 0.3 is 0 Å². The highest BCUT2D eigenvalue weighted by Gasteiger charge is 2.31. The van der Waals surface area contributed by atoms with E-state index < -0.39 is 5.82 Å². The molecule has 0 atom stereocenters. The van der Waals surface area contributed by atoms with Crippen LogP contribution in [0.3, 0.4) is 0 Å². The van der Waals surface area contributed by atoms with E-state index in [9.17, 15) is 4.39 Å². The second-order valence-corrected chi connectivity index (χ2v) is 8.75. The third-order valence-corrected chi connectivity index (χ3v) is 6.61. The minimum Gasteiger partial charge on any atom is -0.366 e. The predicted octanol–water partition coefficient (Wildman–Crippen LogP) is 4.64. The average Bonchev–Trinajstić information content (AvgIpc) is 3.05. The Morgan fingerprint density at radius 3 is 2.67 bits per heavy atom. The van der Waals surface area contributed by atoms with E-state index >= 15 is 0 Å². The lowest BCUT2D eigenvalue weighted by Crippen LogP contribution is -2.39. The molecule has 1 fully saturated rings. The second kappa shape index (κ2) is 8.31. The Morgan fingerprint density at radius 1 is 1.27 bits per heavy atom. The number of allylic oxidation sites excluding steroid dienone is 1. The van der Waals surface area contributed by atoms with Gasteiger partial charge in [-0.3, -0.25) is 5.41 Å². The van der Waals surface area contributed by atoms with Crippen LogP contribution < -0.4 is 10.2 Å². The van der Waals surface area contributed by atoms with Crippen LogP contribution in [0.2, 0.25) is 5.02 Å². The Labute approximate surface area is 183 Å². The predicted molar refractivity (Wildman–Crippen MR) is 120 cm³/mol. The van der Waals surface area contributed by atoms with Crippen LogP contribution in [0.15, 0.2) is 29.1 Å². The summed E-state index contributed by atoms with van der Waals surface area (Å²) in [5.41, 5.74) is 2.61. The summed E-state index contributed by atoms with van der Waals surface area (Å²) in [5, 5.41) is 20.5. The molecule has 2 aliphatic rings. The van der Waals surface area contributed by atoms with Crippen LogP contribution in [0, 0.1) is 16.6 Å². The molecule has 4 rings (SSSR count). The van der Waals surface area contributed by atoms with Gasteiger partial charge in [0.05, 0.1) is 21.8 Å². The van der Waals surface area contributed by atoms with Gasteiger partial charge in [-0.2, -0.15) is 0 Å². The van der Waals surface area contributed by atoms with E-state index in [2.05, 4.69) is 25.2 Å². The van der Waals surface area contributed by atoms with Crippen molar-refractivity contribution >= 4 is 51.3 Å². The Hall–Kier alpha value is -2.52. The van der Waals surface area contributed by atoms with Crippen molar-refractivity contribution in [2.24, 2.45) is 0 Å². The van der Waals surface area contributed by atoms with Crippen LogP contribution in [0.5, 0.6) is 0 Å². The van der Waals surface area contributed by atoms with Crippen molar-refractivity contribution in [3.05, 3.63) is 40.7 Å². The van der Waals surface area contributed by atoms with E-state index in [0.29, 0.717) is 32.9 Å². The average molecular weight is 446 g/mol. The molecule has 30 heavy (non-hydrogen) atoms. The first-order valence-electron chi connectivity index (χ1n) is 9.56. The molecule has 0 bridgehead atoms. The van der Waals surface area contributed by atoms with Gasteiger partial charge in [-0.1, -0.05) is 23.4 Å². The molecule has 3 N–H and O–H groups in total. The van der Waals surface area contributed by atoms with Gasteiger partial charge < -0.3 is 15.6 Å². The quantitative estimate of drug-likeness (QED) is 0.592. The molecule has 7 nitrogen and oxygen atoms in total. The summed E-state index contributed by atoms with van der Waals surface area (Å²) in [7, 11) is 0. The van der Waals surface area contributed by atoms with Gasteiger partial charge in [-0.05, 0) is 38.3 Å². The Balaban J connectivity index is 1.49. The lowest BCUT2D eigenvalue weighted by molar-refractivity contribution is 0.520. The van der Waals surface area contributed by atoms with E-state index in [1.807, 2.05) is 6.92 Å². The first kappa shape index (κ1) is 20.7. The summed E-state index contributed by atoms with van der Waals surface area (Å²) in [4.78, 5) is 15.8. The van der Waals surface area contributed by atoms with Gasteiger partial charge in [0.15, 0.2) is 0 Å². The van der Waals surface area contributed by atoms with Crippen molar-refractivity contribution in [3.63, 3.8) is 0 Å². The molecule has 2 aliphatic heterocycles. The van der Waals surface area contributed by atoms with Gasteiger partial charge in [0.1, 0.15) is 28.8 Å². The Bertz CT molecular complexity index is 1060. The van der Waals surface area contributed by atoms with Gasteiger partial charge in [0.25, 0.3) is 0 Å². The SMILES string of the molecule is CC(=N)/C(C)=C1\C(=N)Sc2c(NC3CCN(c4ncc(F)cc4Cl)CC3)ncnc21. The molecule has 0 spiro atoms. The van der Waals surface area contributed by atoms with Crippen LogP contribution in [-0.4, -0.2) is 44.8 Å². The largest absolute Gasteiger partial charge is 0.366 e. The second-order valence-electron chi connectivity index (χ2n) is 7.32. The number of halogens is 2. The van der Waals surface area contributed by atoms with E-state index in [1.165, 1.54) is 30.4 Å². The first-order chi connectivity index (χ1) is 14.3. The minimum absolute atomic E-state index is 0.202. The normalized spacial score (nSPS) is 18.4. The third-order valence-electron chi connectivity index (χ3n) is 5.33. The molecule has 156 valence electrons. The number of nitrogens with one attached hydrogen (secondary N) is 3. The zero-order valence-corrected chi connectivity index (χ0v) is 18.2. The summed E-state index contributed by atoms with van der Waals surface area (Å²) < 4.78 is 13.3. The van der Waals surface area contributed by atoms with Crippen molar-refractivity contribution < 1.29 is 4.39 Å². The molecule has 0 amide bonds. The molecule has 10 heteroatoms. The number of hydrogen-bond donors (Lipinski definition) is 3. The van der Waals surface area contributed by atoms with Crippen LogP contribution in [-0.2, 0) is 0 Å². The summed E-state index contributed by atoms with van der Waals surface area (Å²) >= 11 is 7.48. The number of rotatable bonds is 4. The van der Waals surface area contributed by atoms with E-state index in [-0.39, 0.29) is 6.04 Å². The topological polar surface area (TPSA) is 102 Å². The van der Waals surface area contributed by atoms with Gasteiger partial charge in [-0.25, -0.2) is 19.3 Å². The van der Waals surface area contributed by atoms with Crippen molar-refractivity contribution in [1.29, 1.82) is 10.8 Å². The lowest BCUT2D eigenvalue weighted by atomic mass is 10.0. The van der Waals surface area contributed by atoms with Gasteiger partial charge in [0, 0.05) is 30.4 Å². The fourth-order valence-electron chi connectivity index (χ4n) is 3.62. The van der Waals surface area contributed by atoms with Crippen molar-refractivity contribution in [2.45, 2.75) is 37.6 Å². The highest BCUT2D eigenvalue weighted by Crippen LogP contribution is 2.44. The van der Waals surface area contributed by atoms with Crippen LogP contribution in [0.4, 0.5) is 16.0 Å². The Morgan fingerprint density at radius 2 is 2.00 bits per heavy atom. The van der Waals surface area contributed by atoms with Crippen LogP contribution in [0.25, 0.3) is 5.57 Å². The monoisotopic (exact) mass is 445 g/mol. The first-order valence-corrected chi connectivity index (χ1v) is 10.8. The molecule has 0 radical (unpaired) electrons. The third kappa shape index (κ3) is 3.91. The lowest BCUT2D eigenvalue weighted by Gasteiger charge is -2.34. The maximum Gasteiger partial charge on any atom is 0.147 e. The van der Waals surface area contributed by atoms with E-state index in [1.54, 1.807) is 6.92 Å². The van der Waals surface area contributed by atoms with E-state index in [0.717, 1.165) is 42.2 Å². The minimum atomic E-state index is -0.442. The van der Waals surface area contributed by atoms with Crippen LogP contribution in [0.1, 0.15) is 32.4 Å². The highest BCUT2D eigenvalue weighted by atomic mass is 35.5. The summed E-state index contributed by atoms with van der Waals surface area (Å²) in [6, 6.07) is 1.49. The molecule has 2 aromatic rings. The number of nitrogens with zero attached hydrogens (tertiary/aromatic N) is 4. The van der Waals surface area contributed by atoms with Gasteiger partial charge in [-0.15, -0.1) is 0 Å². The van der Waals surface area contributed by atoms with Crippen molar-refractivity contribution in [1.82, 2.24) is 15.0 Å². The molecule has 0 unspecified atom stereocenters. The number of anilines is 2. The molecule has 1 saturated heterocycles. The standard InChI is InChI=1S/C20H21ClFN7S/c1-10(11(2)23)15-16-17(30-18(15)24)19(27-9-26-16)28-13-3-5-29(6-4-13)20-14(21)7-12(22)8-25-20/h7-9,13,23-24H,3-6H2,1-2H3,(H,26,27,28)/b15-10-,23-11?,24-18?. The molecular formula is C20H21ClFN7S. The number of aromatic nitrogens is 3. The van der Waals surface area contributed by atoms with Crippen LogP contribution >= 0.6 is 23.4 Å². The zero-order chi connectivity index (χ0) is 21.4. The molecule has 4 heterocycles. The smallest absolute Gasteiger partial charge is 0.147 e. The van der Waals surface area contributed by atoms with Crippen molar-refractivity contribution in [3.8, 4) is 0 Å². The number of piperidine rings is 1. The molecule has 0 saturated carbocycles.